The monoisotopic (exact) mass is 393 g/mol. The van der Waals surface area contributed by atoms with Crippen LogP contribution in [-0.4, -0.2) is 25.2 Å². The van der Waals surface area contributed by atoms with Crippen LogP contribution in [0.4, 0.5) is 11.5 Å². The lowest BCUT2D eigenvalue weighted by Crippen LogP contribution is -2.11. The SMILES string of the molecule is Nc1nnn2cccc(-c3ccc(NC(=O)CI)cc3)c12. The summed E-state index contributed by atoms with van der Waals surface area (Å²) < 4.78 is 2.08. The normalized spacial score (nSPS) is 10.7. The van der Waals surface area contributed by atoms with E-state index in [1.807, 2.05) is 59.0 Å². The second kappa shape index (κ2) is 5.68. The summed E-state index contributed by atoms with van der Waals surface area (Å²) in [5.41, 5.74) is 9.36. The lowest BCUT2D eigenvalue weighted by atomic mass is 10.1. The number of nitrogens with one attached hydrogen (secondary N) is 1. The number of alkyl halides is 1. The van der Waals surface area contributed by atoms with Gasteiger partial charge in [0.05, 0.1) is 4.43 Å². The molecule has 0 aliphatic rings. The number of carbonyl (C=O) groups is 1. The number of amides is 1. The van der Waals surface area contributed by atoms with Gasteiger partial charge >= 0.3 is 0 Å². The molecule has 0 radical (unpaired) electrons. The largest absolute Gasteiger partial charge is 0.380 e. The number of rotatable bonds is 3. The van der Waals surface area contributed by atoms with Gasteiger partial charge in [-0.15, -0.1) is 5.10 Å². The van der Waals surface area contributed by atoms with E-state index in [9.17, 15) is 4.79 Å². The van der Waals surface area contributed by atoms with Crippen LogP contribution in [-0.2, 0) is 4.79 Å². The first kappa shape index (κ1) is 13.8. The number of anilines is 2. The second-order valence-corrected chi connectivity index (χ2v) is 5.21. The molecule has 7 heteroatoms. The number of halogens is 1. The molecule has 0 aliphatic carbocycles. The summed E-state index contributed by atoms with van der Waals surface area (Å²) in [5, 5.41) is 10.7. The smallest absolute Gasteiger partial charge is 0.234 e. The first-order valence-corrected chi connectivity index (χ1v) is 7.77. The summed E-state index contributed by atoms with van der Waals surface area (Å²) in [6.07, 6.45) is 1.80. The molecule has 2 aromatic heterocycles. The van der Waals surface area contributed by atoms with Crippen LogP contribution in [0.3, 0.4) is 0 Å². The number of benzene rings is 1. The van der Waals surface area contributed by atoms with E-state index in [4.69, 9.17) is 5.73 Å². The van der Waals surface area contributed by atoms with E-state index in [0.29, 0.717) is 10.2 Å². The highest BCUT2D eigenvalue weighted by atomic mass is 127. The van der Waals surface area contributed by atoms with Gasteiger partial charge in [0, 0.05) is 17.4 Å². The summed E-state index contributed by atoms with van der Waals surface area (Å²) in [6, 6.07) is 11.5. The van der Waals surface area contributed by atoms with Gasteiger partial charge in [0.1, 0.15) is 5.52 Å². The average molecular weight is 393 g/mol. The van der Waals surface area contributed by atoms with E-state index in [1.54, 1.807) is 10.7 Å². The van der Waals surface area contributed by atoms with Crippen molar-refractivity contribution in [2.24, 2.45) is 0 Å². The van der Waals surface area contributed by atoms with Crippen LogP contribution < -0.4 is 11.1 Å². The van der Waals surface area contributed by atoms with Crippen LogP contribution >= 0.6 is 22.6 Å². The Kier molecular flexibility index (Phi) is 3.74. The predicted molar refractivity (Wildman–Crippen MR) is 90.4 cm³/mol. The van der Waals surface area contributed by atoms with Gasteiger partial charge in [-0.2, -0.15) is 0 Å². The van der Waals surface area contributed by atoms with Gasteiger partial charge in [-0.25, -0.2) is 4.52 Å². The van der Waals surface area contributed by atoms with Crippen molar-refractivity contribution in [3.05, 3.63) is 42.6 Å². The molecule has 0 bridgehead atoms. The van der Waals surface area contributed by atoms with E-state index in [1.165, 1.54) is 0 Å². The maximum Gasteiger partial charge on any atom is 0.234 e. The fraction of sp³-hybridized carbons (Fsp3) is 0.0714. The van der Waals surface area contributed by atoms with Crippen molar-refractivity contribution in [1.82, 2.24) is 14.8 Å². The van der Waals surface area contributed by atoms with Crippen molar-refractivity contribution in [1.29, 1.82) is 0 Å². The fourth-order valence-corrected chi connectivity index (χ4v) is 2.32. The van der Waals surface area contributed by atoms with Crippen LogP contribution in [0.25, 0.3) is 16.6 Å². The number of carbonyl (C=O) groups excluding carboxylic acids is 1. The van der Waals surface area contributed by atoms with Crippen molar-refractivity contribution in [3.63, 3.8) is 0 Å². The number of nitrogens with zero attached hydrogens (tertiary/aromatic N) is 3. The number of fused-ring (bicyclic) bond motifs is 1. The Morgan fingerprint density at radius 3 is 2.76 bits per heavy atom. The maximum atomic E-state index is 11.4. The van der Waals surface area contributed by atoms with Crippen LogP contribution in [0.2, 0.25) is 0 Å². The third-order valence-corrected chi connectivity index (χ3v) is 3.76. The summed E-state index contributed by atoms with van der Waals surface area (Å²) in [4.78, 5) is 11.4. The number of nitrogens with two attached hydrogens (primary N) is 1. The van der Waals surface area contributed by atoms with E-state index in [2.05, 4.69) is 15.6 Å². The molecule has 0 atom stereocenters. The molecule has 0 unspecified atom stereocenters. The average Bonchev–Trinajstić information content (AvgIpc) is 2.90. The van der Waals surface area contributed by atoms with Crippen LogP contribution in [0.1, 0.15) is 0 Å². The minimum absolute atomic E-state index is 0.0188. The van der Waals surface area contributed by atoms with Gasteiger partial charge in [0.25, 0.3) is 0 Å². The molecule has 3 N–H and O–H groups in total. The van der Waals surface area contributed by atoms with Crippen molar-refractivity contribution in [3.8, 4) is 11.1 Å². The Bertz CT molecular complexity index is 797. The molecular weight excluding hydrogens is 381 g/mol. The molecule has 0 aliphatic heterocycles. The zero-order valence-electron chi connectivity index (χ0n) is 11.0. The zero-order chi connectivity index (χ0) is 14.8. The van der Waals surface area contributed by atoms with Gasteiger partial charge in [-0.3, -0.25) is 4.79 Å². The van der Waals surface area contributed by atoms with Gasteiger partial charge in [-0.05, 0) is 23.8 Å². The molecule has 0 saturated carbocycles. The quantitative estimate of drug-likeness (QED) is 0.529. The van der Waals surface area contributed by atoms with Crippen LogP contribution in [0, 0.1) is 0 Å². The highest BCUT2D eigenvalue weighted by Crippen LogP contribution is 2.28. The molecule has 2 heterocycles. The first-order valence-electron chi connectivity index (χ1n) is 6.25. The second-order valence-electron chi connectivity index (χ2n) is 4.45. The molecule has 6 nitrogen and oxygen atoms in total. The molecule has 1 aromatic carbocycles. The Morgan fingerprint density at radius 2 is 2.05 bits per heavy atom. The summed E-state index contributed by atoms with van der Waals surface area (Å²) >= 11 is 2.03. The molecule has 21 heavy (non-hydrogen) atoms. The predicted octanol–water partition coefficient (Wildman–Crippen LogP) is 2.35. The zero-order valence-corrected chi connectivity index (χ0v) is 13.1. The number of pyridine rings is 1. The summed E-state index contributed by atoms with van der Waals surface area (Å²) in [6.45, 7) is 0. The highest BCUT2D eigenvalue weighted by molar-refractivity contribution is 14.1. The summed E-state index contributed by atoms with van der Waals surface area (Å²) in [7, 11) is 0. The molecular formula is C14H12IN5O. The molecule has 106 valence electrons. The standard InChI is InChI=1S/C14H12IN5O/c15-8-12(21)17-10-5-3-9(4-6-10)11-2-1-7-20-13(11)14(16)18-19-20/h1-7H,8,16H2,(H,17,21). The topological polar surface area (TPSA) is 85.3 Å². The molecule has 0 spiro atoms. The van der Waals surface area contributed by atoms with Gasteiger partial charge in [0.15, 0.2) is 5.82 Å². The minimum atomic E-state index is -0.0188. The number of nitrogen functional groups attached to an aromatic ring is 1. The van der Waals surface area contributed by atoms with E-state index in [-0.39, 0.29) is 5.91 Å². The summed E-state index contributed by atoms with van der Waals surface area (Å²) in [5.74, 6) is 0.377. The first-order chi connectivity index (χ1) is 10.2. The third kappa shape index (κ3) is 2.68. The van der Waals surface area contributed by atoms with Gasteiger partial charge in [-0.1, -0.05) is 46.0 Å². The third-order valence-electron chi connectivity index (χ3n) is 3.07. The van der Waals surface area contributed by atoms with E-state index >= 15 is 0 Å². The van der Waals surface area contributed by atoms with Crippen molar-refractivity contribution in [2.75, 3.05) is 15.5 Å². The lowest BCUT2D eigenvalue weighted by Gasteiger charge is -2.07. The Balaban J connectivity index is 1.99. The Labute approximate surface area is 134 Å². The van der Waals surface area contributed by atoms with Crippen molar-refractivity contribution < 1.29 is 4.79 Å². The minimum Gasteiger partial charge on any atom is -0.380 e. The van der Waals surface area contributed by atoms with Gasteiger partial charge in [0.2, 0.25) is 5.91 Å². The van der Waals surface area contributed by atoms with Crippen molar-refractivity contribution >= 4 is 45.5 Å². The van der Waals surface area contributed by atoms with Crippen LogP contribution in [0.15, 0.2) is 42.6 Å². The molecule has 3 rings (SSSR count). The van der Waals surface area contributed by atoms with Crippen LogP contribution in [0.5, 0.6) is 0 Å². The number of aromatic nitrogens is 3. The molecule has 3 aromatic rings. The van der Waals surface area contributed by atoms with E-state index < -0.39 is 0 Å². The Morgan fingerprint density at radius 1 is 1.29 bits per heavy atom. The molecule has 0 saturated heterocycles. The van der Waals surface area contributed by atoms with Gasteiger partial charge < -0.3 is 11.1 Å². The van der Waals surface area contributed by atoms with E-state index in [0.717, 1.165) is 22.3 Å². The number of hydrogen-bond donors (Lipinski definition) is 2. The maximum absolute atomic E-state index is 11.4. The fourth-order valence-electron chi connectivity index (χ4n) is 2.13. The number of hydrogen-bond acceptors (Lipinski definition) is 4. The van der Waals surface area contributed by atoms with Crippen molar-refractivity contribution in [2.45, 2.75) is 0 Å². The Hall–Kier alpha value is -2.16. The highest BCUT2D eigenvalue weighted by Gasteiger charge is 2.10. The molecule has 0 fully saturated rings. The lowest BCUT2D eigenvalue weighted by molar-refractivity contribution is -0.113. The molecule has 1 amide bonds.